The lowest BCUT2D eigenvalue weighted by atomic mass is 9.97. The van der Waals surface area contributed by atoms with Crippen molar-refractivity contribution in [3.63, 3.8) is 0 Å². The van der Waals surface area contributed by atoms with E-state index in [0.717, 1.165) is 19.3 Å². The van der Waals surface area contributed by atoms with Crippen molar-refractivity contribution in [2.24, 2.45) is 5.92 Å². The standard InChI is InChI=1S/C20H41NO3/c1-3-5-6-7-8-9-10-11-12-13-14-15-16-17-18-19(4-2)20(22)21(23)24/h19,23-24H,3-18H2,1-2H3. The summed E-state index contributed by atoms with van der Waals surface area (Å²) in [7, 11) is 0. The molecule has 0 bridgehead atoms. The van der Waals surface area contributed by atoms with Crippen molar-refractivity contribution >= 4 is 5.91 Å². The van der Waals surface area contributed by atoms with E-state index in [4.69, 9.17) is 10.4 Å². The second kappa shape index (κ2) is 17.2. The maximum Gasteiger partial charge on any atom is 0.276 e. The summed E-state index contributed by atoms with van der Waals surface area (Å²) in [6.07, 6.45) is 19.9. The zero-order valence-corrected chi connectivity index (χ0v) is 16.1. The van der Waals surface area contributed by atoms with Crippen LogP contribution in [0.5, 0.6) is 0 Å². The summed E-state index contributed by atoms with van der Waals surface area (Å²) < 4.78 is 0. The first-order valence-corrected chi connectivity index (χ1v) is 10.3. The number of carbonyl (C=O) groups is 1. The Morgan fingerprint density at radius 3 is 1.42 bits per heavy atom. The Hall–Kier alpha value is -0.610. The number of rotatable bonds is 17. The predicted molar refractivity (Wildman–Crippen MR) is 99.1 cm³/mol. The summed E-state index contributed by atoms with van der Waals surface area (Å²) >= 11 is 0. The lowest BCUT2D eigenvalue weighted by Crippen LogP contribution is -2.30. The van der Waals surface area contributed by atoms with Gasteiger partial charge in [-0.1, -0.05) is 109 Å². The first-order valence-electron chi connectivity index (χ1n) is 10.3. The molecule has 0 saturated heterocycles. The molecule has 144 valence electrons. The third-order valence-corrected chi connectivity index (χ3v) is 4.95. The van der Waals surface area contributed by atoms with E-state index in [1.807, 2.05) is 6.92 Å². The van der Waals surface area contributed by atoms with Crippen LogP contribution in [0, 0.1) is 5.92 Å². The van der Waals surface area contributed by atoms with Gasteiger partial charge in [-0.2, -0.15) is 0 Å². The van der Waals surface area contributed by atoms with Gasteiger partial charge >= 0.3 is 0 Å². The molecule has 0 radical (unpaired) electrons. The number of nitrogens with zero attached hydrogens (tertiary/aromatic N) is 1. The monoisotopic (exact) mass is 343 g/mol. The molecular formula is C20H41NO3. The summed E-state index contributed by atoms with van der Waals surface area (Å²) in [5.41, 5.74) is 0. The summed E-state index contributed by atoms with van der Waals surface area (Å²) in [6, 6.07) is 0. The highest BCUT2D eigenvalue weighted by Crippen LogP contribution is 2.17. The van der Waals surface area contributed by atoms with Crippen LogP contribution >= 0.6 is 0 Å². The number of hydroxylamine groups is 2. The molecule has 0 heterocycles. The smallest absolute Gasteiger partial charge is 0.270 e. The topological polar surface area (TPSA) is 60.8 Å². The minimum Gasteiger partial charge on any atom is -0.270 e. The largest absolute Gasteiger partial charge is 0.276 e. The number of hydrogen-bond donors (Lipinski definition) is 2. The first kappa shape index (κ1) is 23.4. The molecular weight excluding hydrogens is 302 g/mol. The molecule has 0 aliphatic carbocycles. The molecule has 0 fully saturated rings. The molecule has 0 rings (SSSR count). The van der Waals surface area contributed by atoms with E-state index in [1.165, 1.54) is 77.0 Å². The number of hydrogen-bond acceptors (Lipinski definition) is 3. The minimum atomic E-state index is -0.577. The molecule has 0 aromatic heterocycles. The summed E-state index contributed by atoms with van der Waals surface area (Å²) in [5, 5.41) is 17.3. The van der Waals surface area contributed by atoms with Crippen LogP contribution in [-0.4, -0.2) is 21.5 Å². The molecule has 1 amide bonds. The summed E-state index contributed by atoms with van der Waals surface area (Å²) in [5.74, 6) is -0.829. The number of amides is 1. The van der Waals surface area contributed by atoms with Gasteiger partial charge in [0.2, 0.25) is 0 Å². The summed E-state index contributed by atoms with van der Waals surface area (Å²) in [6.45, 7) is 4.18. The van der Waals surface area contributed by atoms with Gasteiger partial charge in [0.25, 0.3) is 5.91 Å². The zero-order chi connectivity index (χ0) is 18.0. The molecule has 1 unspecified atom stereocenters. The predicted octanol–water partition coefficient (Wildman–Crippen LogP) is 6.49. The molecule has 0 aromatic carbocycles. The van der Waals surface area contributed by atoms with Gasteiger partial charge in [-0.3, -0.25) is 15.2 Å². The molecule has 0 aliphatic rings. The van der Waals surface area contributed by atoms with Gasteiger partial charge in [-0.15, -0.1) is 0 Å². The van der Waals surface area contributed by atoms with Crippen molar-refractivity contribution < 1.29 is 15.2 Å². The van der Waals surface area contributed by atoms with Gasteiger partial charge in [-0.25, -0.2) is 0 Å². The minimum absolute atomic E-state index is 0.252. The fourth-order valence-corrected chi connectivity index (χ4v) is 3.25. The highest BCUT2D eigenvalue weighted by molar-refractivity contribution is 5.76. The molecule has 4 nitrogen and oxygen atoms in total. The van der Waals surface area contributed by atoms with Crippen molar-refractivity contribution in [1.82, 2.24) is 5.23 Å². The second-order valence-electron chi connectivity index (χ2n) is 7.12. The van der Waals surface area contributed by atoms with E-state index >= 15 is 0 Å². The van der Waals surface area contributed by atoms with Crippen molar-refractivity contribution in [2.45, 2.75) is 117 Å². The molecule has 24 heavy (non-hydrogen) atoms. The lowest BCUT2D eigenvalue weighted by molar-refractivity contribution is -0.288. The van der Waals surface area contributed by atoms with Crippen molar-refractivity contribution in [2.75, 3.05) is 0 Å². The Morgan fingerprint density at radius 2 is 1.08 bits per heavy atom. The Balaban J connectivity index is 3.29. The molecule has 0 aromatic rings. The SMILES string of the molecule is CCCCCCCCCCCCCCCCC(CC)C(=O)N(O)O. The molecule has 4 heteroatoms. The molecule has 2 N–H and O–H groups in total. The Kier molecular flexibility index (Phi) is 16.8. The molecule has 0 spiro atoms. The third-order valence-electron chi connectivity index (χ3n) is 4.95. The van der Waals surface area contributed by atoms with E-state index in [1.54, 1.807) is 0 Å². The average Bonchev–Trinajstić information content (AvgIpc) is 2.58. The van der Waals surface area contributed by atoms with Crippen LogP contribution in [0.2, 0.25) is 0 Å². The van der Waals surface area contributed by atoms with E-state index in [0.29, 0.717) is 6.42 Å². The second-order valence-corrected chi connectivity index (χ2v) is 7.12. The maximum absolute atomic E-state index is 11.5. The normalized spacial score (nSPS) is 12.3. The number of carbonyl (C=O) groups excluding carboxylic acids is 1. The van der Waals surface area contributed by atoms with Gasteiger partial charge in [0.05, 0.1) is 0 Å². The van der Waals surface area contributed by atoms with E-state index in [-0.39, 0.29) is 11.1 Å². The first-order chi connectivity index (χ1) is 11.6. The lowest BCUT2D eigenvalue weighted by Gasteiger charge is -2.15. The molecule has 0 aliphatic heterocycles. The number of unbranched alkanes of at least 4 members (excludes halogenated alkanes) is 13. The maximum atomic E-state index is 11.5. The zero-order valence-electron chi connectivity index (χ0n) is 16.1. The Morgan fingerprint density at radius 1 is 0.708 bits per heavy atom. The van der Waals surface area contributed by atoms with Crippen molar-refractivity contribution in [3.05, 3.63) is 0 Å². The highest BCUT2D eigenvalue weighted by Gasteiger charge is 2.20. The third kappa shape index (κ3) is 13.8. The van der Waals surface area contributed by atoms with Crippen LogP contribution in [0.15, 0.2) is 0 Å². The van der Waals surface area contributed by atoms with Crippen LogP contribution in [0.4, 0.5) is 0 Å². The Bertz CT molecular complexity index is 282. The van der Waals surface area contributed by atoms with Crippen LogP contribution < -0.4 is 0 Å². The van der Waals surface area contributed by atoms with Gasteiger partial charge in [0.1, 0.15) is 0 Å². The van der Waals surface area contributed by atoms with E-state index < -0.39 is 5.91 Å². The van der Waals surface area contributed by atoms with Crippen LogP contribution in [0.1, 0.15) is 117 Å². The molecule has 0 saturated carbocycles. The van der Waals surface area contributed by atoms with Gasteiger partial charge < -0.3 is 0 Å². The van der Waals surface area contributed by atoms with Gasteiger partial charge in [0, 0.05) is 5.92 Å². The van der Waals surface area contributed by atoms with Crippen LogP contribution in [-0.2, 0) is 4.79 Å². The highest BCUT2D eigenvalue weighted by atomic mass is 16.8. The fraction of sp³-hybridized carbons (Fsp3) is 0.950. The van der Waals surface area contributed by atoms with Crippen LogP contribution in [0.25, 0.3) is 0 Å². The summed E-state index contributed by atoms with van der Waals surface area (Å²) in [4.78, 5) is 11.5. The van der Waals surface area contributed by atoms with E-state index in [9.17, 15) is 4.79 Å². The fourth-order valence-electron chi connectivity index (χ4n) is 3.25. The van der Waals surface area contributed by atoms with E-state index in [2.05, 4.69) is 6.92 Å². The van der Waals surface area contributed by atoms with Crippen molar-refractivity contribution in [1.29, 1.82) is 0 Å². The average molecular weight is 344 g/mol. The quantitative estimate of drug-likeness (QED) is 0.180. The Labute approximate surface area is 149 Å². The van der Waals surface area contributed by atoms with Crippen molar-refractivity contribution in [3.8, 4) is 0 Å². The van der Waals surface area contributed by atoms with Crippen LogP contribution in [0.3, 0.4) is 0 Å². The molecule has 1 atom stereocenters. The van der Waals surface area contributed by atoms with Gasteiger partial charge in [0.15, 0.2) is 0 Å². The van der Waals surface area contributed by atoms with Gasteiger partial charge in [-0.05, 0) is 12.8 Å².